The van der Waals surface area contributed by atoms with Crippen LogP contribution in [0.5, 0.6) is 0 Å². The zero-order valence-electron chi connectivity index (χ0n) is 16.0. The van der Waals surface area contributed by atoms with Gasteiger partial charge in [0.05, 0.1) is 12.2 Å². The summed E-state index contributed by atoms with van der Waals surface area (Å²) in [7, 11) is 0. The highest BCUT2D eigenvalue weighted by atomic mass is 16.5. The Morgan fingerprint density at radius 2 is 1.52 bits per heavy atom. The van der Waals surface area contributed by atoms with Gasteiger partial charge >= 0.3 is 6.09 Å². The fourth-order valence-corrected chi connectivity index (χ4v) is 2.77. The number of aromatic nitrogens is 1. The van der Waals surface area contributed by atoms with Crippen molar-refractivity contribution >= 4 is 12.0 Å². The van der Waals surface area contributed by atoms with Gasteiger partial charge in [0.2, 0.25) is 5.91 Å². The number of hydrogen-bond acceptors (Lipinski definition) is 4. The van der Waals surface area contributed by atoms with Gasteiger partial charge in [-0.05, 0) is 23.3 Å². The Hall–Kier alpha value is -3.67. The second kappa shape index (κ2) is 10.6. The van der Waals surface area contributed by atoms with Crippen LogP contribution >= 0.6 is 0 Å². The number of nitrogens with zero attached hydrogens (tertiary/aromatic N) is 1. The molecule has 3 aromatic rings. The third-order valence-corrected chi connectivity index (χ3v) is 4.27. The quantitative estimate of drug-likeness (QED) is 0.620. The molecule has 0 aliphatic heterocycles. The maximum atomic E-state index is 12.7. The molecular formula is C23H23N3O3. The number of carbonyl (C=O) groups is 2. The smallest absolute Gasteiger partial charge is 0.408 e. The van der Waals surface area contributed by atoms with Gasteiger partial charge in [0.25, 0.3) is 0 Å². The van der Waals surface area contributed by atoms with Gasteiger partial charge in [-0.25, -0.2) is 4.79 Å². The number of carbonyl (C=O) groups excluding carboxylic acids is 2. The Balaban J connectivity index is 1.60. The number of rotatable bonds is 8. The van der Waals surface area contributed by atoms with Crippen molar-refractivity contribution in [3.63, 3.8) is 0 Å². The Labute approximate surface area is 169 Å². The van der Waals surface area contributed by atoms with E-state index in [2.05, 4.69) is 15.6 Å². The summed E-state index contributed by atoms with van der Waals surface area (Å²) in [6.07, 6.45) is 1.39. The number of alkyl carbamates (subject to hydrolysis) is 1. The lowest BCUT2D eigenvalue weighted by molar-refractivity contribution is -0.123. The molecule has 1 aromatic heterocycles. The van der Waals surface area contributed by atoms with Crippen LogP contribution in [0.4, 0.5) is 4.79 Å². The van der Waals surface area contributed by atoms with Crippen LogP contribution in [-0.2, 0) is 29.1 Å². The topological polar surface area (TPSA) is 80.3 Å². The van der Waals surface area contributed by atoms with Gasteiger partial charge in [-0.3, -0.25) is 9.78 Å². The summed E-state index contributed by atoms with van der Waals surface area (Å²) < 4.78 is 5.27. The SMILES string of the molecule is O=C(N[C@@H](Cc1ccccc1)C(=O)NCc1ccccn1)OCc1ccccc1. The second-order valence-corrected chi connectivity index (χ2v) is 6.49. The summed E-state index contributed by atoms with van der Waals surface area (Å²) in [6, 6.07) is 23.6. The van der Waals surface area contributed by atoms with Gasteiger partial charge in [0, 0.05) is 12.6 Å². The predicted octanol–water partition coefficient (Wildman–Crippen LogP) is 3.24. The molecule has 0 saturated carbocycles. The molecule has 1 atom stereocenters. The zero-order chi connectivity index (χ0) is 20.3. The molecule has 0 radical (unpaired) electrons. The first kappa shape index (κ1) is 20.1. The van der Waals surface area contributed by atoms with Gasteiger partial charge in [-0.1, -0.05) is 66.7 Å². The van der Waals surface area contributed by atoms with Crippen molar-refractivity contribution < 1.29 is 14.3 Å². The summed E-state index contributed by atoms with van der Waals surface area (Å²) in [5, 5.41) is 5.50. The molecule has 2 aromatic carbocycles. The van der Waals surface area contributed by atoms with E-state index >= 15 is 0 Å². The van der Waals surface area contributed by atoms with E-state index in [-0.39, 0.29) is 19.1 Å². The van der Waals surface area contributed by atoms with E-state index in [1.807, 2.05) is 78.9 Å². The monoisotopic (exact) mass is 389 g/mol. The van der Waals surface area contributed by atoms with Crippen molar-refractivity contribution in [2.75, 3.05) is 0 Å². The van der Waals surface area contributed by atoms with Crippen LogP contribution in [0.3, 0.4) is 0 Å². The lowest BCUT2D eigenvalue weighted by Crippen LogP contribution is -2.48. The van der Waals surface area contributed by atoms with E-state index in [0.29, 0.717) is 6.42 Å². The Morgan fingerprint density at radius 1 is 0.862 bits per heavy atom. The van der Waals surface area contributed by atoms with Gasteiger partial charge in [0.15, 0.2) is 0 Å². The molecule has 3 rings (SSSR count). The van der Waals surface area contributed by atoms with Crippen molar-refractivity contribution in [2.45, 2.75) is 25.6 Å². The Kier molecular flexibility index (Phi) is 7.34. The van der Waals surface area contributed by atoms with Crippen LogP contribution in [0.2, 0.25) is 0 Å². The van der Waals surface area contributed by atoms with Gasteiger partial charge < -0.3 is 15.4 Å². The minimum absolute atomic E-state index is 0.139. The minimum atomic E-state index is -0.760. The van der Waals surface area contributed by atoms with Crippen LogP contribution in [0.15, 0.2) is 85.1 Å². The molecule has 6 nitrogen and oxygen atoms in total. The molecule has 29 heavy (non-hydrogen) atoms. The molecule has 2 N–H and O–H groups in total. The van der Waals surface area contributed by atoms with E-state index < -0.39 is 12.1 Å². The van der Waals surface area contributed by atoms with Crippen molar-refractivity contribution in [3.8, 4) is 0 Å². The standard InChI is InChI=1S/C23H23N3O3/c27-22(25-16-20-13-7-8-14-24-20)21(15-18-9-3-1-4-10-18)26-23(28)29-17-19-11-5-2-6-12-19/h1-14,21H,15-17H2,(H,25,27)(H,26,28)/t21-/m0/s1. The maximum Gasteiger partial charge on any atom is 0.408 e. The van der Waals surface area contributed by atoms with Crippen LogP contribution < -0.4 is 10.6 Å². The molecule has 0 fully saturated rings. The van der Waals surface area contributed by atoms with E-state index in [1.165, 1.54) is 0 Å². The zero-order valence-corrected chi connectivity index (χ0v) is 16.0. The fourth-order valence-electron chi connectivity index (χ4n) is 2.77. The van der Waals surface area contributed by atoms with Gasteiger partial charge in [0.1, 0.15) is 12.6 Å². The van der Waals surface area contributed by atoms with Crippen molar-refractivity contribution in [3.05, 3.63) is 102 Å². The first-order chi connectivity index (χ1) is 14.2. The van der Waals surface area contributed by atoms with Crippen LogP contribution in [-0.4, -0.2) is 23.0 Å². The van der Waals surface area contributed by atoms with E-state index in [4.69, 9.17) is 4.74 Å². The highest BCUT2D eigenvalue weighted by Crippen LogP contribution is 2.06. The first-order valence-electron chi connectivity index (χ1n) is 9.39. The maximum absolute atomic E-state index is 12.7. The summed E-state index contributed by atoms with van der Waals surface area (Å²) in [4.78, 5) is 29.2. The summed E-state index contributed by atoms with van der Waals surface area (Å²) in [5.74, 6) is -0.295. The number of ether oxygens (including phenoxy) is 1. The number of pyridine rings is 1. The van der Waals surface area contributed by atoms with Gasteiger partial charge in [-0.15, -0.1) is 0 Å². The molecular weight excluding hydrogens is 366 g/mol. The highest BCUT2D eigenvalue weighted by Gasteiger charge is 2.22. The largest absolute Gasteiger partial charge is 0.445 e. The number of benzene rings is 2. The normalized spacial score (nSPS) is 11.3. The van der Waals surface area contributed by atoms with Crippen LogP contribution in [0.1, 0.15) is 16.8 Å². The molecule has 0 aliphatic carbocycles. The fraction of sp³-hybridized carbons (Fsp3) is 0.174. The molecule has 0 saturated heterocycles. The number of amides is 2. The van der Waals surface area contributed by atoms with E-state index in [1.54, 1.807) is 6.20 Å². The lowest BCUT2D eigenvalue weighted by atomic mass is 10.1. The second-order valence-electron chi connectivity index (χ2n) is 6.49. The third-order valence-electron chi connectivity index (χ3n) is 4.27. The number of nitrogens with one attached hydrogen (secondary N) is 2. The van der Waals surface area contributed by atoms with Crippen molar-refractivity contribution in [2.24, 2.45) is 0 Å². The summed E-state index contributed by atoms with van der Waals surface area (Å²) >= 11 is 0. The summed E-state index contributed by atoms with van der Waals surface area (Å²) in [6.45, 7) is 0.423. The molecule has 2 amide bonds. The first-order valence-corrected chi connectivity index (χ1v) is 9.39. The van der Waals surface area contributed by atoms with Crippen LogP contribution in [0, 0.1) is 0 Å². The Morgan fingerprint density at radius 3 is 2.17 bits per heavy atom. The average molecular weight is 389 g/mol. The molecule has 0 bridgehead atoms. The molecule has 1 heterocycles. The van der Waals surface area contributed by atoms with E-state index in [0.717, 1.165) is 16.8 Å². The van der Waals surface area contributed by atoms with Crippen molar-refractivity contribution in [1.29, 1.82) is 0 Å². The predicted molar refractivity (Wildman–Crippen MR) is 110 cm³/mol. The lowest BCUT2D eigenvalue weighted by Gasteiger charge is -2.18. The Bertz CT molecular complexity index is 902. The molecule has 0 aliphatic rings. The molecule has 0 unspecified atom stereocenters. The van der Waals surface area contributed by atoms with Gasteiger partial charge in [-0.2, -0.15) is 0 Å². The number of hydrogen-bond donors (Lipinski definition) is 2. The summed E-state index contributed by atoms with van der Waals surface area (Å²) in [5.41, 5.74) is 2.56. The highest BCUT2D eigenvalue weighted by molar-refractivity contribution is 5.85. The molecule has 148 valence electrons. The minimum Gasteiger partial charge on any atom is -0.445 e. The molecule has 0 spiro atoms. The third kappa shape index (κ3) is 6.77. The van der Waals surface area contributed by atoms with Crippen LogP contribution in [0.25, 0.3) is 0 Å². The van der Waals surface area contributed by atoms with Crippen molar-refractivity contribution in [1.82, 2.24) is 15.6 Å². The molecule has 6 heteroatoms. The van der Waals surface area contributed by atoms with E-state index in [9.17, 15) is 9.59 Å². The average Bonchev–Trinajstić information content (AvgIpc) is 2.78.